The van der Waals surface area contributed by atoms with E-state index in [2.05, 4.69) is 57.1 Å². The molecule has 34 heavy (non-hydrogen) atoms. The van der Waals surface area contributed by atoms with Crippen LogP contribution >= 0.6 is 0 Å². The van der Waals surface area contributed by atoms with Crippen molar-refractivity contribution in [1.29, 1.82) is 0 Å². The number of hydrogen-bond acceptors (Lipinski definition) is 6. The summed E-state index contributed by atoms with van der Waals surface area (Å²) >= 11 is 0. The summed E-state index contributed by atoms with van der Waals surface area (Å²) in [5, 5.41) is 17.4. The van der Waals surface area contributed by atoms with Crippen LogP contribution in [0.3, 0.4) is 0 Å². The van der Waals surface area contributed by atoms with Crippen molar-refractivity contribution in [2.75, 3.05) is 19.5 Å². The van der Waals surface area contributed by atoms with Gasteiger partial charge < -0.3 is 14.8 Å². The molecule has 1 amide bonds. The van der Waals surface area contributed by atoms with Gasteiger partial charge in [-0.1, -0.05) is 42.0 Å². The molecule has 1 fully saturated rings. The third-order valence-corrected chi connectivity index (χ3v) is 6.21. The topological polar surface area (TPSA) is 102 Å². The molecular formula is C26H25N5O3. The Kier molecular flexibility index (Phi) is 5.71. The second kappa shape index (κ2) is 8.97. The van der Waals surface area contributed by atoms with E-state index in [1.54, 1.807) is 14.2 Å². The van der Waals surface area contributed by atoms with Crippen LogP contribution in [0.5, 0.6) is 11.5 Å². The summed E-state index contributed by atoms with van der Waals surface area (Å²) in [5.74, 6) is 2.03. The molecule has 172 valence electrons. The van der Waals surface area contributed by atoms with Crippen LogP contribution < -0.4 is 14.8 Å². The van der Waals surface area contributed by atoms with Crippen LogP contribution in [0.25, 0.3) is 22.5 Å². The quantitative estimate of drug-likeness (QED) is 0.422. The molecule has 8 nitrogen and oxygen atoms in total. The SMILES string of the molecule is COc1ccc(-c2ccc(NC(=O)[C@@H]3C[C@H]3c3ccc(C)cc3)cc2-c2nnn[nH]2)cc1OC. The second-order valence-corrected chi connectivity index (χ2v) is 8.43. The lowest BCUT2D eigenvalue weighted by atomic mass is 9.98. The summed E-state index contributed by atoms with van der Waals surface area (Å²) in [7, 11) is 3.20. The Morgan fingerprint density at radius 1 is 0.971 bits per heavy atom. The van der Waals surface area contributed by atoms with Crippen molar-refractivity contribution in [1.82, 2.24) is 20.6 Å². The van der Waals surface area contributed by atoms with E-state index in [0.29, 0.717) is 23.0 Å². The highest BCUT2D eigenvalue weighted by Crippen LogP contribution is 2.48. The van der Waals surface area contributed by atoms with Gasteiger partial charge >= 0.3 is 0 Å². The normalized spacial score (nSPS) is 16.7. The van der Waals surface area contributed by atoms with Crippen molar-refractivity contribution in [3.8, 4) is 34.0 Å². The molecular weight excluding hydrogens is 430 g/mol. The standard InChI is InChI=1S/C26H25N5O3/c1-15-4-6-16(7-5-15)20-14-22(20)26(32)27-18-9-10-19(21(13-18)25-28-30-31-29-25)17-8-11-23(33-2)24(12-17)34-3/h4-13,20,22H,14H2,1-3H3,(H,27,32)(H,28,29,30,31)/t20-,22+/m0/s1. The summed E-state index contributed by atoms with van der Waals surface area (Å²) in [5.41, 5.74) is 5.68. The van der Waals surface area contributed by atoms with E-state index in [-0.39, 0.29) is 17.7 Å². The van der Waals surface area contributed by atoms with E-state index in [0.717, 1.165) is 23.1 Å². The van der Waals surface area contributed by atoms with Crippen LogP contribution in [-0.4, -0.2) is 40.8 Å². The number of aromatic nitrogens is 4. The molecule has 0 radical (unpaired) electrons. The zero-order chi connectivity index (χ0) is 23.7. The first-order valence-electron chi connectivity index (χ1n) is 11.1. The fourth-order valence-electron chi connectivity index (χ4n) is 4.25. The van der Waals surface area contributed by atoms with Gasteiger partial charge in [-0.25, -0.2) is 5.10 Å². The molecule has 1 aliphatic carbocycles. The molecule has 0 spiro atoms. The number of anilines is 1. The van der Waals surface area contributed by atoms with Crippen LogP contribution in [0.4, 0.5) is 5.69 Å². The predicted molar refractivity (Wildman–Crippen MR) is 129 cm³/mol. The van der Waals surface area contributed by atoms with E-state index < -0.39 is 0 Å². The molecule has 4 aromatic rings. The van der Waals surface area contributed by atoms with Crippen molar-refractivity contribution in [2.24, 2.45) is 5.92 Å². The average molecular weight is 456 g/mol. The van der Waals surface area contributed by atoms with Crippen LogP contribution in [-0.2, 0) is 4.79 Å². The number of nitrogens with one attached hydrogen (secondary N) is 2. The number of methoxy groups -OCH3 is 2. The van der Waals surface area contributed by atoms with Gasteiger partial charge in [0, 0.05) is 17.2 Å². The summed E-state index contributed by atoms with van der Waals surface area (Å²) in [4.78, 5) is 12.9. The summed E-state index contributed by atoms with van der Waals surface area (Å²) in [6.45, 7) is 2.06. The average Bonchev–Trinajstić information content (AvgIpc) is 3.48. The predicted octanol–water partition coefficient (Wildman–Crippen LogP) is 4.60. The number of rotatable bonds is 7. The number of hydrogen-bond donors (Lipinski definition) is 2. The fourth-order valence-corrected chi connectivity index (χ4v) is 4.25. The van der Waals surface area contributed by atoms with Crippen molar-refractivity contribution in [3.63, 3.8) is 0 Å². The van der Waals surface area contributed by atoms with Gasteiger partial charge in [-0.2, -0.15) is 0 Å². The number of carbonyl (C=O) groups excluding carboxylic acids is 1. The first-order valence-corrected chi connectivity index (χ1v) is 11.1. The highest BCUT2D eigenvalue weighted by Gasteiger charge is 2.43. The molecule has 1 aliphatic rings. The number of benzene rings is 3. The Morgan fingerprint density at radius 2 is 1.76 bits per heavy atom. The molecule has 1 aromatic heterocycles. The summed E-state index contributed by atoms with van der Waals surface area (Å²) in [6, 6.07) is 19.8. The Labute approximate surface area is 197 Å². The molecule has 0 aliphatic heterocycles. The third-order valence-electron chi connectivity index (χ3n) is 6.21. The van der Waals surface area contributed by atoms with Gasteiger partial charge in [-0.3, -0.25) is 4.79 Å². The molecule has 5 rings (SSSR count). The molecule has 0 unspecified atom stereocenters. The van der Waals surface area contributed by atoms with E-state index in [1.807, 2.05) is 36.4 Å². The van der Waals surface area contributed by atoms with Gasteiger partial charge in [0.2, 0.25) is 5.91 Å². The number of carbonyl (C=O) groups is 1. The maximum atomic E-state index is 12.9. The lowest BCUT2D eigenvalue weighted by Gasteiger charge is -2.14. The number of ether oxygens (including phenoxy) is 2. The minimum Gasteiger partial charge on any atom is -0.493 e. The Hall–Kier alpha value is -4.20. The molecule has 1 heterocycles. The van der Waals surface area contributed by atoms with Crippen LogP contribution in [0, 0.1) is 12.8 Å². The van der Waals surface area contributed by atoms with Gasteiger partial charge in [0.05, 0.1) is 14.2 Å². The van der Waals surface area contributed by atoms with Crippen LogP contribution in [0.2, 0.25) is 0 Å². The van der Waals surface area contributed by atoms with Gasteiger partial charge in [-0.05, 0) is 70.6 Å². The first kappa shape index (κ1) is 21.6. The Morgan fingerprint density at radius 3 is 2.47 bits per heavy atom. The van der Waals surface area contributed by atoms with Crippen molar-refractivity contribution in [2.45, 2.75) is 19.3 Å². The van der Waals surface area contributed by atoms with E-state index in [4.69, 9.17) is 9.47 Å². The van der Waals surface area contributed by atoms with Crippen molar-refractivity contribution < 1.29 is 14.3 Å². The second-order valence-electron chi connectivity index (χ2n) is 8.43. The Bertz CT molecular complexity index is 1320. The van der Waals surface area contributed by atoms with Gasteiger partial charge in [-0.15, -0.1) is 5.10 Å². The smallest absolute Gasteiger partial charge is 0.228 e. The largest absolute Gasteiger partial charge is 0.493 e. The van der Waals surface area contributed by atoms with Crippen molar-refractivity contribution in [3.05, 3.63) is 71.8 Å². The van der Waals surface area contributed by atoms with E-state index >= 15 is 0 Å². The lowest BCUT2D eigenvalue weighted by Crippen LogP contribution is -2.14. The van der Waals surface area contributed by atoms with Gasteiger partial charge in [0.25, 0.3) is 0 Å². The number of amides is 1. The fraction of sp³-hybridized carbons (Fsp3) is 0.231. The number of H-pyrrole nitrogens is 1. The minimum atomic E-state index is -0.0244. The van der Waals surface area contributed by atoms with Gasteiger partial charge in [0.1, 0.15) is 0 Å². The molecule has 1 saturated carbocycles. The lowest BCUT2D eigenvalue weighted by molar-refractivity contribution is -0.117. The highest BCUT2D eigenvalue weighted by molar-refractivity contribution is 5.96. The van der Waals surface area contributed by atoms with Crippen LogP contribution in [0.1, 0.15) is 23.5 Å². The molecule has 3 aromatic carbocycles. The molecule has 0 saturated heterocycles. The molecule has 0 bridgehead atoms. The number of nitrogens with zero attached hydrogens (tertiary/aromatic N) is 3. The first-order chi connectivity index (χ1) is 16.6. The monoisotopic (exact) mass is 455 g/mol. The molecule has 2 N–H and O–H groups in total. The molecule has 2 atom stereocenters. The Balaban J connectivity index is 1.41. The van der Waals surface area contributed by atoms with Crippen LogP contribution in [0.15, 0.2) is 60.7 Å². The van der Waals surface area contributed by atoms with Gasteiger partial charge in [0.15, 0.2) is 17.3 Å². The summed E-state index contributed by atoms with van der Waals surface area (Å²) in [6.07, 6.45) is 0.859. The zero-order valence-electron chi connectivity index (χ0n) is 19.2. The number of aryl methyl sites for hydroxylation is 1. The van der Waals surface area contributed by atoms with Crippen molar-refractivity contribution >= 4 is 11.6 Å². The number of tetrazole rings is 1. The highest BCUT2D eigenvalue weighted by atomic mass is 16.5. The van der Waals surface area contributed by atoms with E-state index in [9.17, 15) is 4.79 Å². The summed E-state index contributed by atoms with van der Waals surface area (Å²) < 4.78 is 10.8. The minimum absolute atomic E-state index is 0.0195. The molecule has 8 heteroatoms. The zero-order valence-corrected chi connectivity index (χ0v) is 19.2. The van der Waals surface area contributed by atoms with E-state index in [1.165, 1.54) is 11.1 Å². The number of aromatic amines is 1. The maximum Gasteiger partial charge on any atom is 0.228 e. The maximum absolute atomic E-state index is 12.9. The third kappa shape index (κ3) is 4.22.